The zero-order valence-corrected chi connectivity index (χ0v) is 8.26. The number of rotatable bonds is 3. The zero-order chi connectivity index (χ0) is 10.7. The van der Waals surface area contributed by atoms with E-state index in [0.29, 0.717) is 24.9 Å². The molecule has 1 unspecified atom stereocenters. The lowest BCUT2D eigenvalue weighted by atomic mass is 10.2. The summed E-state index contributed by atoms with van der Waals surface area (Å²) < 4.78 is 6.99. The van der Waals surface area contributed by atoms with Crippen molar-refractivity contribution in [2.45, 2.75) is 25.5 Å². The van der Waals surface area contributed by atoms with Gasteiger partial charge in [0.2, 0.25) is 0 Å². The van der Waals surface area contributed by atoms with Crippen LogP contribution < -0.4 is 0 Å². The fourth-order valence-corrected chi connectivity index (χ4v) is 1.72. The first kappa shape index (κ1) is 10.0. The van der Waals surface area contributed by atoms with Gasteiger partial charge in [-0.05, 0) is 25.3 Å². The highest BCUT2D eigenvalue weighted by Gasteiger charge is 2.19. The lowest BCUT2D eigenvalue weighted by Crippen LogP contribution is -2.21. The van der Waals surface area contributed by atoms with Gasteiger partial charge in [0.15, 0.2) is 18.8 Å². The Morgan fingerprint density at radius 3 is 2.87 bits per heavy atom. The number of nitrogens with zero attached hydrogens (tertiary/aromatic N) is 2. The molecule has 1 aromatic heterocycles. The van der Waals surface area contributed by atoms with E-state index in [0.717, 1.165) is 19.3 Å². The third-order valence-electron chi connectivity index (χ3n) is 2.45. The Bertz CT molecular complexity index is 367. The minimum atomic E-state index is -0.201. The van der Waals surface area contributed by atoms with Gasteiger partial charge in [0.05, 0.1) is 0 Å². The highest BCUT2D eigenvalue weighted by atomic mass is 16.5. The smallest absolute Gasteiger partial charge is 0.170 e. The molecule has 0 bridgehead atoms. The molecule has 0 spiro atoms. The number of aromatic nitrogens is 2. The van der Waals surface area contributed by atoms with Crippen LogP contribution >= 0.6 is 0 Å². The second kappa shape index (κ2) is 4.35. The molecule has 0 saturated carbocycles. The maximum absolute atomic E-state index is 10.8. The van der Waals surface area contributed by atoms with Crippen LogP contribution in [0.2, 0.25) is 0 Å². The summed E-state index contributed by atoms with van der Waals surface area (Å²) in [6, 6.07) is 1.47. The summed E-state index contributed by atoms with van der Waals surface area (Å²) in [6.45, 7) is 0.680. The van der Waals surface area contributed by atoms with E-state index >= 15 is 0 Å². The van der Waals surface area contributed by atoms with E-state index < -0.39 is 0 Å². The van der Waals surface area contributed by atoms with Crippen molar-refractivity contribution < 1.29 is 14.3 Å². The Morgan fingerprint density at radius 2 is 2.27 bits per heavy atom. The van der Waals surface area contributed by atoms with Crippen molar-refractivity contribution >= 4 is 12.6 Å². The first-order valence-corrected chi connectivity index (χ1v) is 4.96. The predicted octanol–water partition coefficient (Wildman–Crippen LogP) is 1.21. The zero-order valence-electron chi connectivity index (χ0n) is 8.26. The number of carbonyl (C=O) groups is 2. The molecule has 5 nitrogen and oxygen atoms in total. The van der Waals surface area contributed by atoms with Gasteiger partial charge in [0.1, 0.15) is 11.4 Å². The molecule has 1 aliphatic heterocycles. The minimum Gasteiger partial charge on any atom is -0.356 e. The van der Waals surface area contributed by atoms with Crippen LogP contribution in [0.1, 0.15) is 46.5 Å². The highest BCUT2D eigenvalue weighted by Crippen LogP contribution is 2.23. The molecule has 0 amide bonds. The van der Waals surface area contributed by atoms with Gasteiger partial charge in [-0.15, -0.1) is 0 Å². The summed E-state index contributed by atoms with van der Waals surface area (Å²) in [5.41, 5.74) is 0.662. The molecule has 0 radical (unpaired) electrons. The Morgan fingerprint density at radius 1 is 1.40 bits per heavy atom. The summed E-state index contributed by atoms with van der Waals surface area (Å²) in [5, 5.41) is 4.02. The van der Waals surface area contributed by atoms with Gasteiger partial charge in [-0.2, -0.15) is 5.10 Å². The van der Waals surface area contributed by atoms with Gasteiger partial charge in [-0.3, -0.25) is 9.59 Å². The van der Waals surface area contributed by atoms with Crippen LogP contribution in [0, 0.1) is 0 Å². The SMILES string of the molecule is O=Cc1cc(C=O)n(C2CCCCO2)n1. The van der Waals surface area contributed by atoms with E-state index in [1.165, 1.54) is 10.7 Å². The van der Waals surface area contributed by atoms with Gasteiger partial charge in [0, 0.05) is 6.61 Å². The Hall–Kier alpha value is -1.49. The molecule has 1 aliphatic rings. The molecule has 1 saturated heterocycles. The van der Waals surface area contributed by atoms with Crippen molar-refractivity contribution in [1.82, 2.24) is 9.78 Å². The molecule has 1 aromatic rings. The molecule has 5 heteroatoms. The molecular formula is C10H12N2O3. The maximum Gasteiger partial charge on any atom is 0.170 e. The monoisotopic (exact) mass is 208 g/mol. The molecule has 0 N–H and O–H groups in total. The number of ether oxygens (including phenoxy) is 1. The van der Waals surface area contributed by atoms with Crippen molar-refractivity contribution in [3.63, 3.8) is 0 Å². The van der Waals surface area contributed by atoms with Gasteiger partial charge in [0.25, 0.3) is 0 Å². The topological polar surface area (TPSA) is 61.2 Å². The summed E-state index contributed by atoms with van der Waals surface area (Å²) in [7, 11) is 0. The highest BCUT2D eigenvalue weighted by molar-refractivity contribution is 5.78. The summed E-state index contributed by atoms with van der Waals surface area (Å²) >= 11 is 0. The van der Waals surface area contributed by atoms with E-state index in [9.17, 15) is 9.59 Å². The van der Waals surface area contributed by atoms with Crippen molar-refractivity contribution in [1.29, 1.82) is 0 Å². The molecule has 0 aliphatic carbocycles. The summed E-state index contributed by atoms with van der Waals surface area (Å²) in [4.78, 5) is 21.3. The largest absolute Gasteiger partial charge is 0.356 e. The average Bonchev–Trinajstić information content (AvgIpc) is 2.73. The van der Waals surface area contributed by atoms with Crippen LogP contribution in [-0.4, -0.2) is 29.0 Å². The van der Waals surface area contributed by atoms with Gasteiger partial charge >= 0.3 is 0 Å². The molecule has 2 rings (SSSR count). The van der Waals surface area contributed by atoms with Gasteiger partial charge < -0.3 is 4.74 Å². The molecular weight excluding hydrogens is 196 g/mol. The van der Waals surface area contributed by atoms with Crippen LogP contribution in [0.5, 0.6) is 0 Å². The van der Waals surface area contributed by atoms with E-state index in [1.54, 1.807) is 0 Å². The molecule has 80 valence electrons. The fraction of sp³-hybridized carbons (Fsp3) is 0.500. The number of hydrogen-bond acceptors (Lipinski definition) is 4. The lowest BCUT2D eigenvalue weighted by molar-refractivity contribution is -0.0403. The Labute approximate surface area is 87.0 Å². The molecule has 1 fully saturated rings. The third kappa shape index (κ3) is 1.97. The third-order valence-corrected chi connectivity index (χ3v) is 2.45. The van der Waals surface area contributed by atoms with E-state index in [-0.39, 0.29) is 11.9 Å². The van der Waals surface area contributed by atoms with Crippen LogP contribution in [0.25, 0.3) is 0 Å². The number of aldehydes is 2. The van der Waals surface area contributed by atoms with Crippen molar-refractivity contribution in [3.8, 4) is 0 Å². The second-order valence-electron chi connectivity index (χ2n) is 3.50. The quantitative estimate of drug-likeness (QED) is 0.700. The first-order chi connectivity index (χ1) is 7.35. The number of carbonyl (C=O) groups excluding carboxylic acids is 2. The second-order valence-corrected chi connectivity index (χ2v) is 3.50. The normalized spacial score (nSPS) is 21.2. The molecule has 15 heavy (non-hydrogen) atoms. The van der Waals surface area contributed by atoms with Crippen molar-refractivity contribution in [3.05, 3.63) is 17.5 Å². The summed E-state index contributed by atoms with van der Waals surface area (Å²) in [6.07, 6.45) is 4.05. The molecule has 2 heterocycles. The van der Waals surface area contributed by atoms with E-state index in [4.69, 9.17) is 4.74 Å². The molecule has 1 atom stereocenters. The minimum absolute atomic E-state index is 0.201. The molecule has 0 aromatic carbocycles. The van der Waals surface area contributed by atoms with E-state index in [2.05, 4.69) is 5.10 Å². The Balaban J connectivity index is 2.27. The average molecular weight is 208 g/mol. The van der Waals surface area contributed by atoms with Crippen LogP contribution in [-0.2, 0) is 4.74 Å². The van der Waals surface area contributed by atoms with E-state index in [1.807, 2.05) is 0 Å². The Kier molecular flexibility index (Phi) is 2.91. The van der Waals surface area contributed by atoms with Crippen molar-refractivity contribution in [2.75, 3.05) is 6.61 Å². The number of hydrogen-bond donors (Lipinski definition) is 0. The van der Waals surface area contributed by atoms with Crippen LogP contribution in [0.15, 0.2) is 6.07 Å². The van der Waals surface area contributed by atoms with Crippen LogP contribution in [0.4, 0.5) is 0 Å². The lowest BCUT2D eigenvalue weighted by Gasteiger charge is -2.23. The predicted molar refractivity (Wildman–Crippen MR) is 51.8 cm³/mol. The maximum atomic E-state index is 10.8. The fourth-order valence-electron chi connectivity index (χ4n) is 1.72. The standard InChI is InChI=1S/C10H12N2O3/c13-6-8-5-9(7-14)12(11-8)10-3-1-2-4-15-10/h5-7,10H,1-4H2. The van der Waals surface area contributed by atoms with Crippen LogP contribution in [0.3, 0.4) is 0 Å². The van der Waals surface area contributed by atoms with Gasteiger partial charge in [-0.25, -0.2) is 4.68 Å². The first-order valence-electron chi connectivity index (χ1n) is 4.96. The van der Waals surface area contributed by atoms with Crippen molar-refractivity contribution in [2.24, 2.45) is 0 Å². The summed E-state index contributed by atoms with van der Waals surface area (Å²) in [5.74, 6) is 0. The van der Waals surface area contributed by atoms with Gasteiger partial charge in [-0.1, -0.05) is 0 Å².